The number of benzene rings is 1. The summed E-state index contributed by atoms with van der Waals surface area (Å²) in [4.78, 5) is 12.3. The van der Waals surface area contributed by atoms with Crippen molar-refractivity contribution in [2.75, 3.05) is 5.32 Å². The van der Waals surface area contributed by atoms with Gasteiger partial charge in [0.05, 0.1) is 0 Å². The third-order valence-electron chi connectivity index (χ3n) is 4.39. The maximum Gasteiger partial charge on any atom is 0.228 e. The summed E-state index contributed by atoms with van der Waals surface area (Å²) in [6, 6.07) is 6.10. The number of rotatable bonds is 2. The SMILES string of the molecule is Cc1ccc(NC(=O)C2CC3C=CC2C3)cc1C. The fourth-order valence-corrected chi connectivity index (χ4v) is 3.14. The van der Waals surface area contributed by atoms with E-state index in [1.807, 2.05) is 6.07 Å². The van der Waals surface area contributed by atoms with Gasteiger partial charge in [-0.3, -0.25) is 4.79 Å². The minimum Gasteiger partial charge on any atom is -0.326 e. The lowest BCUT2D eigenvalue weighted by molar-refractivity contribution is -0.120. The maximum absolute atomic E-state index is 12.3. The van der Waals surface area contributed by atoms with Gasteiger partial charge in [-0.15, -0.1) is 0 Å². The van der Waals surface area contributed by atoms with Gasteiger partial charge in [-0.2, -0.15) is 0 Å². The molecule has 2 nitrogen and oxygen atoms in total. The molecular formula is C16H19NO. The van der Waals surface area contributed by atoms with Crippen LogP contribution in [-0.4, -0.2) is 5.91 Å². The summed E-state index contributed by atoms with van der Waals surface area (Å²) in [5.74, 6) is 1.49. The molecule has 94 valence electrons. The third-order valence-corrected chi connectivity index (χ3v) is 4.39. The molecule has 0 spiro atoms. The molecule has 0 radical (unpaired) electrons. The molecule has 3 rings (SSSR count). The average molecular weight is 241 g/mol. The van der Waals surface area contributed by atoms with Crippen molar-refractivity contribution >= 4 is 11.6 Å². The van der Waals surface area contributed by atoms with Gasteiger partial charge >= 0.3 is 0 Å². The van der Waals surface area contributed by atoms with Crippen LogP contribution in [0.5, 0.6) is 0 Å². The van der Waals surface area contributed by atoms with Crippen LogP contribution in [0.15, 0.2) is 30.4 Å². The fraction of sp³-hybridized carbons (Fsp3) is 0.438. The van der Waals surface area contributed by atoms with Gasteiger partial charge in [-0.05, 0) is 61.8 Å². The molecule has 1 aromatic rings. The Kier molecular flexibility index (Phi) is 2.73. The van der Waals surface area contributed by atoms with Crippen molar-refractivity contribution < 1.29 is 4.79 Å². The first-order chi connectivity index (χ1) is 8.63. The van der Waals surface area contributed by atoms with E-state index in [1.165, 1.54) is 17.5 Å². The van der Waals surface area contributed by atoms with E-state index in [0.717, 1.165) is 12.1 Å². The van der Waals surface area contributed by atoms with E-state index in [2.05, 4.69) is 43.4 Å². The van der Waals surface area contributed by atoms with Crippen molar-refractivity contribution in [1.82, 2.24) is 0 Å². The van der Waals surface area contributed by atoms with Crippen molar-refractivity contribution in [3.8, 4) is 0 Å². The molecule has 1 N–H and O–H groups in total. The van der Waals surface area contributed by atoms with Gasteiger partial charge < -0.3 is 5.32 Å². The molecule has 2 bridgehead atoms. The molecular weight excluding hydrogens is 222 g/mol. The molecule has 1 aromatic carbocycles. The quantitative estimate of drug-likeness (QED) is 0.789. The van der Waals surface area contributed by atoms with Gasteiger partial charge in [0.1, 0.15) is 0 Å². The van der Waals surface area contributed by atoms with Gasteiger partial charge in [-0.25, -0.2) is 0 Å². The number of aryl methyl sites for hydroxylation is 2. The van der Waals surface area contributed by atoms with Crippen LogP contribution in [0.3, 0.4) is 0 Å². The lowest BCUT2D eigenvalue weighted by atomic mass is 9.92. The summed E-state index contributed by atoms with van der Waals surface area (Å²) < 4.78 is 0. The Morgan fingerprint density at radius 2 is 2.00 bits per heavy atom. The molecule has 2 aliphatic carbocycles. The normalized spacial score (nSPS) is 28.7. The van der Waals surface area contributed by atoms with Gasteiger partial charge in [0, 0.05) is 11.6 Å². The second-order valence-electron chi connectivity index (χ2n) is 5.68. The Morgan fingerprint density at radius 1 is 1.17 bits per heavy atom. The Balaban J connectivity index is 1.71. The van der Waals surface area contributed by atoms with E-state index < -0.39 is 0 Å². The summed E-state index contributed by atoms with van der Waals surface area (Å²) in [6.45, 7) is 4.16. The van der Waals surface area contributed by atoms with Crippen LogP contribution in [0.1, 0.15) is 24.0 Å². The number of hydrogen-bond donors (Lipinski definition) is 1. The van der Waals surface area contributed by atoms with E-state index in [1.54, 1.807) is 0 Å². The number of nitrogens with one attached hydrogen (secondary N) is 1. The minimum absolute atomic E-state index is 0.182. The Morgan fingerprint density at radius 3 is 2.61 bits per heavy atom. The molecule has 0 saturated heterocycles. The Bertz CT molecular complexity index is 518. The van der Waals surface area contributed by atoms with Gasteiger partial charge in [-0.1, -0.05) is 18.2 Å². The summed E-state index contributed by atoms with van der Waals surface area (Å²) >= 11 is 0. The van der Waals surface area contributed by atoms with E-state index in [4.69, 9.17) is 0 Å². The van der Waals surface area contributed by atoms with Crippen LogP contribution in [0.25, 0.3) is 0 Å². The number of allylic oxidation sites excluding steroid dienone is 2. The van der Waals surface area contributed by atoms with Crippen LogP contribution < -0.4 is 5.32 Å². The molecule has 2 heteroatoms. The molecule has 1 saturated carbocycles. The van der Waals surface area contributed by atoms with Gasteiger partial charge in [0.25, 0.3) is 0 Å². The molecule has 0 aliphatic heterocycles. The number of fused-ring (bicyclic) bond motifs is 2. The van der Waals surface area contributed by atoms with Crippen molar-refractivity contribution in [3.05, 3.63) is 41.5 Å². The molecule has 3 unspecified atom stereocenters. The summed E-state index contributed by atoms with van der Waals surface area (Å²) in [5, 5.41) is 3.06. The lowest BCUT2D eigenvalue weighted by Gasteiger charge is -2.18. The van der Waals surface area contributed by atoms with Crippen LogP contribution in [-0.2, 0) is 4.79 Å². The standard InChI is InChI=1S/C16H19NO/c1-10-3-6-14(7-11(10)2)17-16(18)15-9-12-4-5-13(15)8-12/h3-7,12-13,15H,8-9H2,1-2H3,(H,17,18). The molecule has 0 aromatic heterocycles. The Labute approximate surface area is 108 Å². The highest BCUT2D eigenvalue weighted by Crippen LogP contribution is 2.43. The van der Waals surface area contributed by atoms with Crippen molar-refractivity contribution in [2.24, 2.45) is 17.8 Å². The van der Waals surface area contributed by atoms with Crippen LogP contribution in [0, 0.1) is 31.6 Å². The molecule has 2 aliphatic rings. The smallest absolute Gasteiger partial charge is 0.228 e. The topological polar surface area (TPSA) is 29.1 Å². The highest BCUT2D eigenvalue weighted by molar-refractivity contribution is 5.93. The second-order valence-corrected chi connectivity index (χ2v) is 5.68. The molecule has 1 amide bonds. The van der Waals surface area contributed by atoms with E-state index >= 15 is 0 Å². The average Bonchev–Trinajstić information content (AvgIpc) is 2.96. The fourth-order valence-electron chi connectivity index (χ4n) is 3.14. The van der Waals surface area contributed by atoms with E-state index in [0.29, 0.717) is 11.8 Å². The summed E-state index contributed by atoms with van der Waals surface area (Å²) in [7, 11) is 0. The van der Waals surface area contributed by atoms with E-state index in [9.17, 15) is 4.79 Å². The first-order valence-corrected chi connectivity index (χ1v) is 6.70. The van der Waals surface area contributed by atoms with Crippen LogP contribution >= 0.6 is 0 Å². The largest absolute Gasteiger partial charge is 0.326 e. The lowest BCUT2D eigenvalue weighted by Crippen LogP contribution is -2.25. The zero-order chi connectivity index (χ0) is 12.7. The first-order valence-electron chi connectivity index (χ1n) is 6.70. The first kappa shape index (κ1) is 11.5. The van der Waals surface area contributed by atoms with Crippen molar-refractivity contribution in [3.63, 3.8) is 0 Å². The summed E-state index contributed by atoms with van der Waals surface area (Å²) in [5.41, 5.74) is 3.41. The van der Waals surface area contributed by atoms with Crippen LogP contribution in [0.4, 0.5) is 5.69 Å². The predicted molar refractivity (Wildman–Crippen MR) is 73.4 cm³/mol. The zero-order valence-corrected chi connectivity index (χ0v) is 10.9. The zero-order valence-electron chi connectivity index (χ0n) is 10.9. The second kappa shape index (κ2) is 4.27. The number of anilines is 1. The number of carbonyl (C=O) groups excluding carboxylic acids is 1. The maximum atomic E-state index is 12.3. The molecule has 3 atom stereocenters. The predicted octanol–water partition coefficient (Wildman–Crippen LogP) is 3.45. The van der Waals surface area contributed by atoms with Gasteiger partial charge in [0.2, 0.25) is 5.91 Å². The van der Waals surface area contributed by atoms with Crippen LogP contribution in [0.2, 0.25) is 0 Å². The number of carbonyl (C=O) groups is 1. The van der Waals surface area contributed by atoms with E-state index in [-0.39, 0.29) is 11.8 Å². The van der Waals surface area contributed by atoms with Crippen molar-refractivity contribution in [1.29, 1.82) is 0 Å². The summed E-state index contributed by atoms with van der Waals surface area (Å²) in [6.07, 6.45) is 6.69. The monoisotopic (exact) mass is 241 g/mol. The van der Waals surface area contributed by atoms with Crippen molar-refractivity contribution in [2.45, 2.75) is 26.7 Å². The molecule has 0 heterocycles. The Hall–Kier alpha value is -1.57. The number of amides is 1. The highest BCUT2D eigenvalue weighted by atomic mass is 16.1. The third kappa shape index (κ3) is 1.96. The highest BCUT2D eigenvalue weighted by Gasteiger charge is 2.39. The molecule has 18 heavy (non-hydrogen) atoms. The number of hydrogen-bond acceptors (Lipinski definition) is 1. The van der Waals surface area contributed by atoms with Gasteiger partial charge in [0.15, 0.2) is 0 Å². The molecule has 1 fully saturated rings. The minimum atomic E-state index is 0.182.